The third kappa shape index (κ3) is 2.16. The number of benzene rings is 2. The van der Waals surface area contributed by atoms with Crippen LogP contribution in [0.15, 0.2) is 48.7 Å². The largest absolute Gasteiger partial charge is 0.454 e. The van der Waals surface area contributed by atoms with E-state index in [0.29, 0.717) is 17.2 Å². The van der Waals surface area contributed by atoms with E-state index in [4.69, 9.17) is 10.5 Å². The van der Waals surface area contributed by atoms with Crippen LogP contribution in [0.25, 0.3) is 10.9 Å². The molecule has 2 N–H and O–H groups in total. The van der Waals surface area contributed by atoms with E-state index >= 15 is 0 Å². The maximum Gasteiger partial charge on any atom is 0.161 e. The van der Waals surface area contributed by atoms with Crippen molar-refractivity contribution in [1.29, 1.82) is 0 Å². The molecule has 20 heavy (non-hydrogen) atoms. The highest BCUT2D eigenvalue weighted by molar-refractivity contribution is 5.89. The molecular weight excluding hydrogens is 255 g/mol. The van der Waals surface area contributed by atoms with Gasteiger partial charge in [0, 0.05) is 11.5 Å². The van der Waals surface area contributed by atoms with Crippen LogP contribution >= 0.6 is 0 Å². The number of hydrogen-bond acceptors (Lipinski definition) is 3. The number of halogens is 1. The number of rotatable bonds is 2. The van der Waals surface area contributed by atoms with Crippen molar-refractivity contribution in [3.8, 4) is 11.5 Å². The van der Waals surface area contributed by atoms with Gasteiger partial charge in [0.05, 0.1) is 17.4 Å². The van der Waals surface area contributed by atoms with E-state index in [1.165, 1.54) is 12.1 Å². The van der Waals surface area contributed by atoms with Crippen molar-refractivity contribution in [3.63, 3.8) is 0 Å². The molecule has 0 unspecified atom stereocenters. The summed E-state index contributed by atoms with van der Waals surface area (Å²) in [5, 5.41) is 0.802. The van der Waals surface area contributed by atoms with Crippen LogP contribution in [0.4, 0.5) is 10.1 Å². The fraction of sp³-hybridized carbons (Fsp3) is 0.0625. The Bertz CT molecular complexity index is 787. The van der Waals surface area contributed by atoms with Gasteiger partial charge < -0.3 is 10.5 Å². The molecule has 3 aromatic rings. The predicted octanol–water partition coefficient (Wildman–Crippen LogP) is 4.06. The van der Waals surface area contributed by atoms with Gasteiger partial charge in [-0.15, -0.1) is 0 Å². The summed E-state index contributed by atoms with van der Waals surface area (Å²) in [6.07, 6.45) is 1.55. The van der Waals surface area contributed by atoms with Gasteiger partial charge in [-0.2, -0.15) is 0 Å². The van der Waals surface area contributed by atoms with Crippen LogP contribution in [0.1, 0.15) is 5.56 Å². The van der Waals surface area contributed by atoms with Crippen molar-refractivity contribution >= 4 is 16.6 Å². The molecule has 3 rings (SSSR count). The lowest BCUT2D eigenvalue weighted by Crippen LogP contribution is -1.96. The first-order valence-electron chi connectivity index (χ1n) is 6.22. The Morgan fingerprint density at radius 3 is 2.80 bits per heavy atom. The van der Waals surface area contributed by atoms with Crippen LogP contribution in [0, 0.1) is 12.7 Å². The summed E-state index contributed by atoms with van der Waals surface area (Å²) in [7, 11) is 0. The van der Waals surface area contributed by atoms with Crippen LogP contribution in [0.3, 0.4) is 0 Å². The van der Waals surface area contributed by atoms with E-state index in [2.05, 4.69) is 4.98 Å². The molecule has 3 nitrogen and oxygen atoms in total. The number of pyridine rings is 1. The Labute approximate surface area is 115 Å². The molecule has 0 radical (unpaired) electrons. The minimum Gasteiger partial charge on any atom is -0.454 e. The smallest absolute Gasteiger partial charge is 0.161 e. The maximum absolute atomic E-state index is 13.3. The number of aromatic nitrogens is 1. The van der Waals surface area contributed by atoms with Gasteiger partial charge in [0.2, 0.25) is 0 Å². The fourth-order valence-corrected chi connectivity index (χ4v) is 2.04. The molecule has 0 saturated carbocycles. The standard InChI is InChI=1S/C16H13FN2O/c1-10-6-7-11(17)8-15(10)20-16-12-4-2-3-5-14(12)19-9-13(16)18/h2-9H,18H2,1H3. The van der Waals surface area contributed by atoms with Crippen LogP contribution < -0.4 is 10.5 Å². The first kappa shape index (κ1) is 12.4. The molecule has 0 fully saturated rings. The van der Waals surface area contributed by atoms with Crippen molar-refractivity contribution in [3.05, 3.63) is 60.0 Å². The Morgan fingerprint density at radius 2 is 1.95 bits per heavy atom. The first-order valence-corrected chi connectivity index (χ1v) is 6.22. The molecule has 0 spiro atoms. The molecule has 0 aliphatic heterocycles. The van der Waals surface area contributed by atoms with Gasteiger partial charge >= 0.3 is 0 Å². The number of nitrogen functional groups attached to an aromatic ring is 1. The first-order chi connectivity index (χ1) is 9.65. The van der Waals surface area contributed by atoms with Gasteiger partial charge in [0.15, 0.2) is 5.75 Å². The summed E-state index contributed by atoms with van der Waals surface area (Å²) >= 11 is 0. The fourth-order valence-electron chi connectivity index (χ4n) is 2.04. The van der Waals surface area contributed by atoms with Crippen molar-refractivity contribution in [1.82, 2.24) is 4.98 Å². The molecular formula is C16H13FN2O. The number of hydrogen-bond donors (Lipinski definition) is 1. The average Bonchev–Trinajstić information content (AvgIpc) is 2.46. The lowest BCUT2D eigenvalue weighted by atomic mass is 10.2. The Hall–Kier alpha value is -2.62. The highest BCUT2D eigenvalue weighted by Gasteiger charge is 2.11. The molecule has 2 aromatic carbocycles. The van der Waals surface area contributed by atoms with E-state index < -0.39 is 0 Å². The molecule has 0 aliphatic rings. The Balaban J connectivity index is 2.15. The molecule has 0 saturated heterocycles. The van der Waals surface area contributed by atoms with Gasteiger partial charge in [0.1, 0.15) is 11.6 Å². The summed E-state index contributed by atoms with van der Waals surface area (Å²) in [5.74, 6) is 0.611. The molecule has 1 aromatic heterocycles. The topological polar surface area (TPSA) is 48.1 Å². The minimum atomic E-state index is -0.345. The molecule has 100 valence electrons. The molecule has 0 aliphatic carbocycles. The summed E-state index contributed by atoms with van der Waals surface area (Å²) < 4.78 is 19.2. The van der Waals surface area contributed by atoms with E-state index in [9.17, 15) is 4.39 Å². The monoisotopic (exact) mass is 268 g/mol. The molecule has 4 heteroatoms. The second-order valence-corrected chi connectivity index (χ2v) is 4.57. The third-order valence-corrected chi connectivity index (χ3v) is 3.12. The van der Waals surface area contributed by atoms with Crippen LogP contribution in [-0.4, -0.2) is 4.98 Å². The molecule has 1 heterocycles. The summed E-state index contributed by atoms with van der Waals surface area (Å²) in [5.41, 5.74) is 7.99. The van der Waals surface area contributed by atoms with E-state index in [1.807, 2.05) is 31.2 Å². The number of anilines is 1. The Morgan fingerprint density at radius 1 is 1.15 bits per heavy atom. The SMILES string of the molecule is Cc1ccc(F)cc1Oc1c(N)cnc2ccccc12. The molecule has 0 atom stereocenters. The number of para-hydroxylation sites is 1. The van der Waals surface area contributed by atoms with Crippen LogP contribution in [0.5, 0.6) is 11.5 Å². The van der Waals surface area contributed by atoms with Gasteiger partial charge in [0.25, 0.3) is 0 Å². The summed E-state index contributed by atoms with van der Waals surface area (Å²) in [4.78, 5) is 4.24. The van der Waals surface area contributed by atoms with Crippen molar-refractivity contribution in [2.24, 2.45) is 0 Å². The lowest BCUT2D eigenvalue weighted by molar-refractivity contribution is 0.480. The van der Waals surface area contributed by atoms with Crippen LogP contribution in [-0.2, 0) is 0 Å². The second kappa shape index (κ2) is 4.81. The highest BCUT2D eigenvalue weighted by atomic mass is 19.1. The van der Waals surface area contributed by atoms with Crippen LogP contribution in [0.2, 0.25) is 0 Å². The number of ether oxygens (including phenoxy) is 1. The molecule has 0 bridgehead atoms. The van der Waals surface area contributed by atoms with Crippen molar-refractivity contribution in [2.75, 3.05) is 5.73 Å². The lowest BCUT2D eigenvalue weighted by Gasteiger charge is -2.13. The maximum atomic E-state index is 13.3. The minimum absolute atomic E-state index is 0.345. The third-order valence-electron chi connectivity index (χ3n) is 3.12. The van der Waals surface area contributed by atoms with E-state index in [-0.39, 0.29) is 5.82 Å². The zero-order valence-corrected chi connectivity index (χ0v) is 10.9. The highest BCUT2D eigenvalue weighted by Crippen LogP contribution is 2.35. The Kier molecular flexibility index (Phi) is 2.99. The van der Waals surface area contributed by atoms with Crippen molar-refractivity contribution < 1.29 is 9.13 Å². The van der Waals surface area contributed by atoms with Gasteiger partial charge in [-0.25, -0.2) is 4.39 Å². The summed E-state index contributed by atoms with van der Waals surface area (Å²) in [6.45, 7) is 1.86. The second-order valence-electron chi connectivity index (χ2n) is 4.57. The zero-order chi connectivity index (χ0) is 14.1. The number of aryl methyl sites for hydroxylation is 1. The zero-order valence-electron chi connectivity index (χ0n) is 10.9. The average molecular weight is 268 g/mol. The van der Waals surface area contributed by atoms with Crippen molar-refractivity contribution in [2.45, 2.75) is 6.92 Å². The predicted molar refractivity (Wildman–Crippen MR) is 77.4 cm³/mol. The van der Waals surface area contributed by atoms with Gasteiger partial charge in [-0.1, -0.05) is 18.2 Å². The quantitative estimate of drug-likeness (QED) is 0.762. The van der Waals surface area contributed by atoms with E-state index in [1.54, 1.807) is 12.3 Å². The van der Waals surface area contributed by atoms with Gasteiger partial charge in [-0.05, 0) is 30.7 Å². The number of nitrogens with two attached hydrogens (primary N) is 1. The van der Waals surface area contributed by atoms with Gasteiger partial charge in [-0.3, -0.25) is 4.98 Å². The number of fused-ring (bicyclic) bond motifs is 1. The summed E-state index contributed by atoms with van der Waals surface area (Å²) in [6, 6.07) is 11.9. The van der Waals surface area contributed by atoms with E-state index in [0.717, 1.165) is 16.5 Å². The molecule has 0 amide bonds. The number of nitrogens with zero attached hydrogens (tertiary/aromatic N) is 1. The normalized spacial score (nSPS) is 10.7.